The van der Waals surface area contributed by atoms with E-state index in [2.05, 4.69) is 9.51 Å². The molecular formula is C10H17N2O12PS. The highest BCUT2D eigenvalue weighted by Gasteiger charge is 2.37. The number of rotatable bonds is 4. The van der Waals surface area contributed by atoms with Crippen LogP contribution in [0.3, 0.4) is 0 Å². The maximum absolute atomic E-state index is 11.7. The van der Waals surface area contributed by atoms with Gasteiger partial charge >= 0.3 is 23.9 Å². The summed E-state index contributed by atoms with van der Waals surface area (Å²) < 4.78 is 52.9. The minimum absolute atomic E-state index is 0.0283. The molecule has 26 heavy (non-hydrogen) atoms. The predicted molar refractivity (Wildman–Crippen MR) is 82.8 cm³/mol. The summed E-state index contributed by atoms with van der Waals surface area (Å²) in [6, 6.07) is 0. The van der Waals surface area contributed by atoms with Crippen LogP contribution in [0.4, 0.5) is 0 Å². The fourth-order valence-electron chi connectivity index (χ4n) is 2.01. The second-order valence-electron chi connectivity index (χ2n) is 5.15. The van der Waals surface area contributed by atoms with Gasteiger partial charge in [-0.2, -0.15) is 8.42 Å². The molecule has 16 heteroatoms. The average Bonchev–Trinajstić information content (AvgIpc) is 2.79. The molecule has 0 unspecified atom stereocenters. The van der Waals surface area contributed by atoms with Gasteiger partial charge in [0.15, 0.2) is 0 Å². The van der Waals surface area contributed by atoms with E-state index < -0.39 is 54.5 Å². The summed E-state index contributed by atoms with van der Waals surface area (Å²) in [5.41, 5.74) is -0.918. The molecule has 0 radical (unpaired) electrons. The number of hydrogen-bond acceptors (Lipinski definition) is 8. The Labute approximate surface area is 145 Å². The molecule has 2 rings (SSSR count). The Morgan fingerprint density at radius 3 is 2.42 bits per heavy atom. The van der Waals surface area contributed by atoms with Gasteiger partial charge in [-0.3, -0.25) is 28.0 Å². The van der Waals surface area contributed by atoms with Crippen molar-refractivity contribution in [2.75, 3.05) is 6.61 Å². The molecule has 0 spiro atoms. The lowest BCUT2D eigenvalue weighted by Crippen LogP contribution is -2.33. The maximum atomic E-state index is 11.7. The van der Waals surface area contributed by atoms with Gasteiger partial charge in [0.05, 0.1) is 12.7 Å². The van der Waals surface area contributed by atoms with Crippen molar-refractivity contribution in [3.8, 4) is 0 Å². The van der Waals surface area contributed by atoms with Crippen LogP contribution in [0.2, 0.25) is 0 Å². The Morgan fingerprint density at radius 2 is 1.92 bits per heavy atom. The molecule has 0 bridgehead atoms. The van der Waals surface area contributed by atoms with Gasteiger partial charge in [0, 0.05) is 18.2 Å². The van der Waals surface area contributed by atoms with Crippen molar-refractivity contribution in [3.05, 3.63) is 32.6 Å². The molecule has 150 valence electrons. The van der Waals surface area contributed by atoms with Crippen LogP contribution in [0, 0.1) is 6.92 Å². The van der Waals surface area contributed by atoms with Gasteiger partial charge in [-0.15, -0.1) is 0 Å². The normalized spacial score (nSPS) is 23.4. The topological polar surface area (TPSA) is 226 Å². The number of hydrogen-bond donors (Lipinski definition) is 6. The molecule has 2 heterocycles. The molecule has 14 nitrogen and oxygen atoms in total. The van der Waals surface area contributed by atoms with Gasteiger partial charge in [-0.1, -0.05) is 0 Å². The number of aliphatic hydroxyl groups is 1. The SMILES string of the molecule is Cc1cn([C@H]2C[C@H](O)[C@@H](COP(=O)(O)O)O2)c(=O)[nH]c1=O.O=S(=O)(O)O. The summed E-state index contributed by atoms with van der Waals surface area (Å²) in [6.07, 6.45) is -1.57. The zero-order valence-electron chi connectivity index (χ0n) is 13.1. The molecule has 3 atom stereocenters. The number of nitrogens with one attached hydrogen (secondary N) is 1. The largest absolute Gasteiger partial charge is 0.469 e. The molecule has 1 aliphatic rings. The highest BCUT2D eigenvalue weighted by molar-refractivity contribution is 7.79. The molecule has 0 aromatic carbocycles. The van der Waals surface area contributed by atoms with Crippen LogP contribution in [0.15, 0.2) is 15.8 Å². The number of H-pyrrole nitrogens is 1. The molecule has 1 saturated heterocycles. The molecule has 0 amide bonds. The first-order valence-corrected chi connectivity index (χ1v) is 9.65. The van der Waals surface area contributed by atoms with Crippen LogP contribution in [0.25, 0.3) is 0 Å². The number of phosphoric ester groups is 1. The van der Waals surface area contributed by atoms with Crippen LogP contribution in [-0.4, -0.2) is 60.8 Å². The quantitative estimate of drug-likeness (QED) is 0.228. The van der Waals surface area contributed by atoms with Crippen LogP contribution in [-0.2, 0) is 24.2 Å². The molecule has 1 aromatic heterocycles. The summed E-state index contributed by atoms with van der Waals surface area (Å²) in [6.45, 7) is 0.994. The van der Waals surface area contributed by atoms with E-state index in [1.54, 1.807) is 0 Å². The lowest BCUT2D eigenvalue weighted by atomic mass is 10.2. The van der Waals surface area contributed by atoms with Crippen molar-refractivity contribution in [2.45, 2.75) is 31.8 Å². The number of phosphoric acid groups is 1. The van der Waals surface area contributed by atoms with E-state index in [0.29, 0.717) is 5.56 Å². The molecule has 1 fully saturated rings. The second-order valence-corrected chi connectivity index (χ2v) is 7.28. The van der Waals surface area contributed by atoms with Gasteiger partial charge in [0.2, 0.25) is 0 Å². The van der Waals surface area contributed by atoms with Crippen molar-refractivity contribution in [3.63, 3.8) is 0 Å². The number of aryl methyl sites for hydroxylation is 1. The molecule has 6 N–H and O–H groups in total. The van der Waals surface area contributed by atoms with Gasteiger partial charge in [0.25, 0.3) is 5.56 Å². The van der Waals surface area contributed by atoms with Crippen LogP contribution < -0.4 is 11.2 Å². The highest BCUT2D eigenvalue weighted by Crippen LogP contribution is 2.38. The number of nitrogens with zero attached hydrogens (tertiary/aromatic N) is 1. The van der Waals surface area contributed by atoms with Crippen molar-refractivity contribution in [1.29, 1.82) is 0 Å². The zero-order valence-corrected chi connectivity index (χ0v) is 14.8. The van der Waals surface area contributed by atoms with Crippen molar-refractivity contribution >= 4 is 18.2 Å². The number of aromatic amines is 1. The first-order valence-electron chi connectivity index (χ1n) is 6.73. The number of aliphatic hydroxyl groups excluding tert-OH is 1. The third-order valence-electron chi connectivity index (χ3n) is 3.07. The zero-order chi connectivity index (χ0) is 20.3. The third-order valence-corrected chi connectivity index (χ3v) is 3.55. The molecule has 1 aromatic rings. The monoisotopic (exact) mass is 420 g/mol. The summed E-state index contributed by atoms with van der Waals surface area (Å²) in [7, 11) is -9.33. The Hall–Kier alpha value is -1.42. The Bertz CT molecular complexity index is 878. The molecular weight excluding hydrogens is 403 g/mol. The standard InChI is InChI=1S/C10H15N2O8P.H2O4S/c1-5-3-12(10(15)11-9(5)14)8-2-6(13)7(20-8)4-19-21(16,17)18;1-5(2,3)4/h3,6-8,13H,2,4H2,1H3,(H,11,14,15)(H2,16,17,18);(H2,1,2,3,4)/t6-,7+,8+;/m0./s1. The van der Waals surface area contributed by atoms with Crippen LogP contribution in [0.5, 0.6) is 0 Å². The van der Waals surface area contributed by atoms with Gasteiger partial charge in [0.1, 0.15) is 12.3 Å². The van der Waals surface area contributed by atoms with E-state index >= 15 is 0 Å². The minimum Gasteiger partial charge on any atom is -0.390 e. The van der Waals surface area contributed by atoms with Crippen LogP contribution in [0.1, 0.15) is 18.2 Å². The first-order chi connectivity index (χ1) is 11.7. The highest BCUT2D eigenvalue weighted by atomic mass is 32.3. The summed E-state index contributed by atoms with van der Waals surface area (Å²) in [4.78, 5) is 42.3. The summed E-state index contributed by atoms with van der Waals surface area (Å²) in [5.74, 6) is 0. The molecule has 0 aliphatic carbocycles. The van der Waals surface area contributed by atoms with E-state index in [4.69, 9.17) is 32.0 Å². The number of aromatic nitrogens is 2. The van der Waals surface area contributed by atoms with E-state index in [9.17, 15) is 19.3 Å². The first kappa shape index (κ1) is 22.6. The van der Waals surface area contributed by atoms with Crippen LogP contribution >= 0.6 is 7.82 Å². The smallest absolute Gasteiger partial charge is 0.390 e. The van der Waals surface area contributed by atoms with E-state index in [1.165, 1.54) is 13.1 Å². The van der Waals surface area contributed by atoms with E-state index in [1.807, 2.05) is 0 Å². The fourth-order valence-corrected chi connectivity index (χ4v) is 2.35. The van der Waals surface area contributed by atoms with Gasteiger partial charge < -0.3 is 19.6 Å². The van der Waals surface area contributed by atoms with E-state index in [0.717, 1.165) is 4.57 Å². The maximum Gasteiger partial charge on any atom is 0.469 e. The van der Waals surface area contributed by atoms with Gasteiger partial charge in [-0.05, 0) is 6.92 Å². The minimum atomic E-state index is -4.67. The molecule has 1 aliphatic heterocycles. The average molecular weight is 420 g/mol. The molecule has 0 saturated carbocycles. The lowest BCUT2D eigenvalue weighted by Gasteiger charge is -2.16. The lowest BCUT2D eigenvalue weighted by molar-refractivity contribution is -0.0451. The van der Waals surface area contributed by atoms with Crippen molar-refractivity contribution in [2.24, 2.45) is 0 Å². The Morgan fingerprint density at radius 1 is 1.38 bits per heavy atom. The summed E-state index contributed by atoms with van der Waals surface area (Å²) in [5, 5.41) is 9.79. The predicted octanol–water partition coefficient (Wildman–Crippen LogP) is -2.05. The summed E-state index contributed by atoms with van der Waals surface area (Å²) >= 11 is 0. The third kappa shape index (κ3) is 7.86. The van der Waals surface area contributed by atoms with Crippen molar-refractivity contribution in [1.82, 2.24) is 9.55 Å². The van der Waals surface area contributed by atoms with Crippen molar-refractivity contribution < 1.29 is 46.2 Å². The second kappa shape index (κ2) is 8.51. The van der Waals surface area contributed by atoms with Gasteiger partial charge in [-0.25, -0.2) is 9.36 Å². The Balaban J connectivity index is 0.000000597. The number of ether oxygens (including phenoxy) is 1. The van der Waals surface area contributed by atoms with E-state index in [-0.39, 0.29) is 6.42 Å². The fraction of sp³-hybridized carbons (Fsp3) is 0.600. The Kier molecular flexibility index (Phi) is 7.41.